The third kappa shape index (κ3) is 2.90. The summed E-state index contributed by atoms with van der Waals surface area (Å²) < 4.78 is 5.38. The van der Waals surface area contributed by atoms with Crippen LogP contribution in [0.4, 0.5) is 5.69 Å². The summed E-state index contributed by atoms with van der Waals surface area (Å²) in [6, 6.07) is 10.7. The van der Waals surface area contributed by atoms with Crippen LogP contribution in [0.3, 0.4) is 0 Å². The molecular weight excluding hydrogens is 282 g/mol. The Morgan fingerprint density at radius 1 is 1.23 bits per heavy atom. The number of benzene rings is 1. The van der Waals surface area contributed by atoms with Crippen molar-refractivity contribution in [3.8, 4) is 5.75 Å². The van der Waals surface area contributed by atoms with E-state index in [0.717, 1.165) is 5.69 Å². The van der Waals surface area contributed by atoms with Crippen molar-refractivity contribution in [1.29, 1.82) is 0 Å². The van der Waals surface area contributed by atoms with Gasteiger partial charge in [-0.3, -0.25) is 14.6 Å². The molecule has 0 saturated heterocycles. The maximum Gasteiger partial charge on any atom is 0.265 e. The van der Waals surface area contributed by atoms with Crippen LogP contribution in [-0.4, -0.2) is 36.5 Å². The lowest BCUT2D eigenvalue weighted by Gasteiger charge is -2.29. The Hall–Kier alpha value is -2.89. The van der Waals surface area contributed by atoms with Crippen LogP contribution in [0.5, 0.6) is 5.75 Å². The van der Waals surface area contributed by atoms with Gasteiger partial charge in [-0.1, -0.05) is 12.1 Å². The third-order valence-corrected chi connectivity index (χ3v) is 3.37. The molecule has 0 radical (unpaired) electrons. The number of pyridine rings is 1. The molecule has 1 aromatic heterocycles. The van der Waals surface area contributed by atoms with Crippen molar-refractivity contribution >= 4 is 17.5 Å². The first kappa shape index (κ1) is 14.1. The van der Waals surface area contributed by atoms with E-state index in [2.05, 4.69) is 10.3 Å². The highest BCUT2D eigenvalue weighted by Gasteiger charge is 2.24. The highest BCUT2D eigenvalue weighted by Crippen LogP contribution is 2.30. The smallest absolute Gasteiger partial charge is 0.265 e. The van der Waals surface area contributed by atoms with Gasteiger partial charge >= 0.3 is 0 Å². The van der Waals surface area contributed by atoms with E-state index in [1.54, 1.807) is 29.4 Å². The number of carbonyl (C=O) groups is 2. The second-order valence-corrected chi connectivity index (χ2v) is 4.79. The van der Waals surface area contributed by atoms with E-state index < -0.39 is 0 Å². The number of aromatic nitrogens is 1. The number of hydrogen-bond acceptors (Lipinski definition) is 4. The zero-order valence-electron chi connectivity index (χ0n) is 11.9. The second-order valence-electron chi connectivity index (χ2n) is 4.79. The Bertz CT molecular complexity index is 688. The molecule has 1 aromatic carbocycles. The summed E-state index contributed by atoms with van der Waals surface area (Å²) in [7, 11) is 0. The van der Waals surface area contributed by atoms with Crippen LogP contribution in [0.1, 0.15) is 10.4 Å². The Labute approximate surface area is 127 Å². The van der Waals surface area contributed by atoms with Crippen molar-refractivity contribution in [2.24, 2.45) is 0 Å². The van der Waals surface area contributed by atoms with Gasteiger partial charge in [0.05, 0.1) is 5.69 Å². The number of nitrogens with zero attached hydrogens (tertiary/aromatic N) is 2. The first-order valence-electron chi connectivity index (χ1n) is 6.96. The van der Waals surface area contributed by atoms with Crippen molar-refractivity contribution in [3.63, 3.8) is 0 Å². The van der Waals surface area contributed by atoms with Crippen LogP contribution >= 0.6 is 0 Å². The Morgan fingerprint density at radius 2 is 2.00 bits per heavy atom. The molecule has 3 rings (SSSR count). The SMILES string of the molecule is O=C(NCCN1C(=O)COc2ccccc21)c1ccncc1. The van der Waals surface area contributed by atoms with E-state index in [1.807, 2.05) is 24.3 Å². The fraction of sp³-hybridized carbons (Fsp3) is 0.188. The van der Waals surface area contributed by atoms with Crippen LogP contribution in [0.15, 0.2) is 48.8 Å². The van der Waals surface area contributed by atoms with Crippen molar-refractivity contribution in [1.82, 2.24) is 10.3 Å². The highest BCUT2D eigenvalue weighted by atomic mass is 16.5. The summed E-state index contributed by atoms with van der Waals surface area (Å²) in [5.74, 6) is 0.385. The molecule has 2 aromatic rings. The van der Waals surface area contributed by atoms with E-state index in [4.69, 9.17) is 4.74 Å². The van der Waals surface area contributed by atoms with Crippen LogP contribution in [0.2, 0.25) is 0 Å². The molecule has 6 nitrogen and oxygen atoms in total. The molecule has 0 spiro atoms. The third-order valence-electron chi connectivity index (χ3n) is 3.37. The van der Waals surface area contributed by atoms with Gasteiger partial charge in [-0.2, -0.15) is 0 Å². The minimum atomic E-state index is -0.184. The summed E-state index contributed by atoms with van der Waals surface area (Å²) >= 11 is 0. The van der Waals surface area contributed by atoms with E-state index in [0.29, 0.717) is 24.4 Å². The number of fused-ring (bicyclic) bond motifs is 1. The lowest BCUT2D eigenvalue weighted by molar-refractivity contribution is -0.121. The van der Waals surface area contributed by atoms with Crippen molar-refractivity contribution in [2.75, 3.05) is 24.6 Å². The predicted octanol–water partition coefficient (Wildman–Crippen LogP) is 1.24. The molecule has 0 unspecified atom stereocenters. The summed E-state index contributed by atoms with van der Waals surface area (Å²) in [5.41, 5.74) is 1.28. The highest BCUT2D eigenvalue weighted by molar-refractivity contribution is 5.98. The van der Waals surface area contributed by atoms with Gasteiger partial charge in [-0.15, -0.1) is 0 Å². The molecule has 112 valence electrons. The van der Waals surface area contributed by atoms with E-state index >= 15 is 0 Å². The van der Waals surface area contributed by atoms with Gasteiger partial charge in [0.25, 0.3) is 11.8 Å². The molecule has 22 heavy (non-hydrogen) atoms. The maximum absolute atomic E-state index is 12.0. The molecule has 0 atom stereocenters. The van der Waals surface area contributed by atoms with Crippen molar-refractivity contribution in [2.45, 2.75) is 0 Å². The average Bonchev–Trinajstić information content (AvgIpc) is 2.57. The van der Waals surface area contributed by atoms with Crippen LogP contribution in [0.25, 0.3) is 0 Å². The monoisotopic (exact) mass is 297 g/mol. The minimum Gasteiger partial charge on any atom is -0.482 e. The predicted molar refractivity (Wildman–Crippen MR) is 80.9 cm³/mol. The fourth-order valence-electron chi connectivity index (χ4n) is 2.29. The van der Waals surface area contributed by atoms with Gasteiger partial charge in [-0.25, -0.2) is 0 Å². The number of anilines is 1. The van der Waals surface area contributed by atoms with Gasteiger partial charge in [0.1, 0.15) is 5.75 Å². The molecule has 0 saturated carbocycles. The lowest BCUT2D eigenvalue weighted by atomic mass is 10.2. The number of rotatable bonds is 4. The van der Waals surface area contributed by atoms with E-state index in [-0.39, 0.29) is 18.4 Å². The summed E-state index contributed by atoms with van der Waals surface area (Å²) in [6.07, 6.45) is 3.13. The normalized spacial score (nSPS) is 13.3. The largest absolute Gasteiger partial charge is 0.482 e. The lowest BCUT2D eigenvalue weighted by Crippen LogP contribution is -2.43. The molecule has 0 fully saturated rings. The topological polar surface area (TPSA) is 71.5 Å². The molecule has 1 N–H and O–H groups in total. The van der Waals surface area contributed by atoms with Crippen LogP contribution < -0.4 is 15.0 Å². The quantitative estimate of drug-likeness (QED) is 0.921. The number of nitrogens with one attached hydrogen (secondary N) is 1. The Morgan fingerprint density at radius 3 is 2.82 bits per heavy atom. The number of para-hydroxylation sites is 2. The molecule has 0 bridgehead atoms. The zero-order chi connectivity index (χ0) is 15.4. The van der Waals surface area contributed by atoms with Crippen molar-refractivity contribution < 1.29 is 14.3 Å². The summed E-state index contributed by atoms with van der Waals surface area (Å²) in [5, 5.41) is 2.80. The van der Waals surface area contributed by atoms with Gasteiger partial charge in [0.2, 0.25) is 0 Å². The molecule has 6 heteroatoms. The van der Waals surface area contributed by atoms with Gasteiger partial charge in [-0.05, 0) is 24.3 Å². The van der Waals surface area contributed by atoms with E-state index in [1.165, 1.54) is 0 Å². The zero-order valence-corrected chi connectivity index (χ0v) is 11.9. The van der Waals surface area contributed by atoms with Crippen LogP contribution in [0, 0.1) is 0 Å². The molecule has 1 aliphatic heterocycles. The Balaban J connectivity index is 1.62. The number of carbonyl (C=O) groups excluding carboxylic acids is 2. The van der Waals surface area contributed by atoms with E-state index in [9.17, 15) is 9.59 Å². The van der Waals surface area contributed by atoms with Gasteiger partial charge in [0, 0.05) is 31.0 Å². The maximum atomic E-state index is 12.0. The van der Waals surface area contributed by atoms with Crippen molar-refractivity contribution in [3.05, 3.63) is 54.4 Å². The van der Waals surface area contributed by atoms with Gasteiger partial charge in [0.15, 0.2) is 6.61 Å². The summed E-state index contributed by atoms with van der Waals surface area (Å²) in [6.45, 7) is 0.784. The molecule has 2 heterocycles. The second kappa shape index (κ2) is 6.26. The number of ether oxygens (including phenoxy) is 1. The summed E-state index contributed by atoms with van der Waals surface area (Å²) in [4.78, 5) is 29.4. The molecule has 1 aliphatic rings. The van der Waals surface area contributed by atoms with Gasteiger partial charge < -0.3 is 15.0 Å². The van der Waals surface area contributed by atoms with Crippen LogP contribution in [-0.2, 0) is 4.79 Å². The average molecular weight is 297 g/mol. The molecular formula is C16H15N3O3. The molecule has 0 aliphatic carbocycles. The first-order chi connectivity index (χ1) is 10.8. The first-order valence-corrected chi connectivity index (χ1v) is 6.96. The fourth-order valence-corrected chi connectivity index (χ4v) is 2.29. The standard InChI is InChI=1S/C16H15N3O3/c20-15-11-22-14-4-2-1-3-13(14)19(15)10-9-18-16(21)12-5-7-17-8-6-12/h1-8H,9-11H2,(H,18,21). The number of hydrogen-bond donors (Lipinski definition) is 1. The Kier molecular flexibility index (Phi) is 4.00. The molecule has 2 amide bonds. The minimum absolute atomic E-state index is 0.0231. The number of amides is 2.